The largest absolute Gasteiger partial charge is 0.358 e. The Morgan fingerprint density at radius 3 is 2.63 bits per heavy atom. The minimum absolute atomic E-state index is 0.0325. The number of fused-ring (bicyclic) bond motifs is 4. The van der Waals surface area contributed by atoms with Crippen molar-refractivity contribution in [1.82, 2.24) is 19.8 Å². The molecule has 0 spiro atoms. The Balaban J connectivity index is 1.75. The van der Waals surface area contributed by atoms with Gasteiger partial charge in [0.25, 0.3) is 0 Å². The topological polar surface area (TPSA) is 76.5 Å². The molecular weight excluding hydrogens is 462 g/mol. The van der Waals surface area contributed by atoms with E-state index in [9.17, 15) is 4.79 Å². The van der Waals surface area contributed by atoms with Crippen LogP contribution in [0.1, 0.15) is 47.0 Å². The number of aromatic nitrogens is 3. The molecule has 2 bridgehead atoms. The van der Waals surface area contributed by atoms with Gasteiger partial charge in [-0.3, -0.25) is 14.5 Å². The highest BCUT2D eigenvalue weighted by molar-refractivity contribution is 6.30. The van der Waals surface area contributed by atoms with Gasteiger partial charge in [0.2, 0.25) is 5.91 Å². The summed E-state index contributed by atoms with van der Waals surface area (Å²) in [5.74, 6) is 0.586. The van der Waals surface area contributed by atoms with Crippen molar-refractivity contribution >= 4 is 34.4 Å². The van der Waals surface area contributed by atoms with E-state index in [2.05, 4.69) is 28.5 Å². The Bertz CT molecular complexity index is 1420. The molecule has 0 unspecified atom stereocenters. The number of aryl methyl sites for hydroxylation is 2. The molecule has 5 rings (SSSR count). The highest BCUT2D eigenvalue weighted by Crippen LogP contribution is 2.41. The molecule has 1 aromatic carbocycles. The number of nitrogens with zero attached hydrogens (tertiary/aromatic N) is 5. The van der Waals surface area contributed by atoms with Gasteiger partial charge in [-0.2, -0.15) is 5.10 Å². The Morgan fingerprint density at radius 2 is 1.94 bits per heavy atom. The molecule has 35 heavy (non-hydrogen) atoms. The van der Waals surface area contributed by atoms with Gasteiger partial charge in [-0.1, -0.05) is 41.0 Å². The predicted molar refractivity (Wildman–Crippen MR) is 137 cm³/mol. The van der Waals surface area contributed by atoms with Crippen LogP contribution in [0.4, 0.5) is 0 Å². The van der Waals surface area contributed by atoms with E-state index < -0.39 is 6.04 Å². The highest BCUT2D eigenvalue weighted by atomic mass is 35.5. The normalized spacial score (nSPS) is 17.2. The van der Waals surface area contributed by atoms with Crippen molar-refractivity contribution in [3.63, 3.8) is 0 Å². The summed E-state index contributed by atoms with van der Waals surface area (Å²) in [6.07, 6.45) is 11.0. The lowest BCUT2D eigenvalue weighted by Gasteiger charge is -2.22. The molecule has 8 heteroatoms. The summed E-state index contributed by atoms with van der Waals surface area (Å²) in [6, 6.07) is 7.12. The summed E-state index contributed by atoms with van der Waals surface area (Å²) < 4.78 is 7.61. The fraction of sp³-hybridized carbons (Fsp3) is 0.259. The predicted octanol–water partition coefficient (Wildman–Crippen LogP) is 5.19. The second-order valence-electron chi connectivity index (χ2n) is 9.06. The van der Waals surface area contributed by atoms with Crippen LogP contribution in [0.25, 0.3) is 11.1 Å². The van der Waals surface area contributed by atoms with E-state index in [0.717, 1.165) is 44.8 Å². The summed E-state index contributed by atoms with van der Waals surface area (Å²) in [4.78, 5) is 19.5. The molecule has 0 N–H and O–H groups in total. The molecule has 1 aliphatic carbocycles. The molecule has 0 radical (unpaired) electrons. The van der Waals surface area contributed by atoms with Crippen LogP contribution < -0.4 is 0 Å². The first-order valence-corrected chi connectivity index (χ1v) is 11.8. The zero-order valence-electron chi connectivity index (χ0n) is 20.1. The molecular formula is C27H26ClN5O2. The van der Waals surface area contributed by atoms with E-state index in [1.807, 2.05) is 50.6 Å². The van der Waals surface area contributed by atoms with Crippen LogP contribution in [0.5, 0.6) is 0 Å². The second-order valence-corrected chi connectivity index (χ2v) is 9.50. The van der Waals surface area contributed by atoms with Gasteiger partial charge in [-0.05, 0) is 41.9 Å². The second kappa shape index (κ2) is 9.15. The maximum Gasteiger partial charge on any atom is 0.224 e. The van der Waals surface area contributed by atoms with E-state index in [0.29, 0.717) is 17.2 Å². The molecule has 3 aromatic rings. The van der Waals surface area contributed by atoms with Gasteiger partial charge in [-0.15, -0.1) is 0 Å². The average Bonchev–Trinajstić information content (AvgIpc) is 3.35. The summed E-state index contributed by atoms with van der Waals surface area (Å²) in [5.41, 5.74) is 7.61. The average molecular weight is 488 g/mol. The van der Waals surface area contributed by atoms with Crippen molar-refractivity contribution in [2.75, 3.05) is 14.1 Å². The number of halogens is 1. The monoisotopic (exact) mass is 487 g/mol. The molecule has 0 fully saturated rings. The number of rotatable bonds is 4. The fourth-order valence-corrected chi connectivity index (χ4v) is 4.60. The number of hydrogen-bond acceptors (Lipinski definition) is 5. The summed E-state index contributed by atoms with van der Waals surface area (Å²) in [6.45, 7) is 1.93. The van der Waals surface area contributed by atoms with Crippen molar-refractivity contribution in [1.29, 1.82) is 0 Å². The van der Waals surface area contributed by atoms with E-state index in [4.69, 9.17) is 21.1 Å². The molecule has 7 nitrogen and oxygen atoms in total. The van der Waals surface area contributed by atoms with Gasteiger partial charge in [0.15, 0.2) is 5.76 Å². The first kappa shape index (κ1) is 23.1. The minimum atomic E-state index is -0.515. The van der Waals surface area contributed by atoms with Crippen LogP contribution >= 0.6 is 11.6 Å². The smallest absolute Gasteiger partial charge is 0.224 e. The van der Waals surface area contributed by atoms with Crippen molar-refractivity contribution < 1.29 is 9.32 Å². The number of hydrogen-bond donors (Lipinski definition) is 0. The van der Waals surface area contributed by atoms with Gasteiger partial charge in [-0.25, -0.2) is 0 Å². The van der Waals surface area contributed by atoms with Crippen molar-refractivity contribution in [2.45, 2.75) is 25.8 Å². The Kier molecular flexibility index (Phi) is 6.03. The lowest BCUT2D eigenvalue weighted by Crippen LogP contribution is -2.24. The van der Waals surface area contributed by atoms with Crippen LogP contribution in [0.2, 0.25) is 5.02 Å². The zero-order valence-corrected chi connectivity index (χ0v) is 20.9. The lowest BCUT2D eigenvalue weighted by molar-refractivity contribution is -0.129. The van der Waals surface area contributed by atoms with E-state index in [-0.39, 0.29) is 12.3 Å². The van der Waals surface area contributed by atoms with Crippen LogP contribution in [0, 0.1) is 6.92 Å². The molecule has 3 heterocycles. The molecule has 178 valence electrons. The molecule has 1 atom stereocenters. The lowest BCUT2D eigenvalue weighted by atomic mass is 9.88. The number of amides is 1. The third kappa shape index (κ3) is 4.51. The molecule has 1 amide bonds. The molecule has 2 aromatic heterocycles. The number of allylic oxidation sites excluding steroid dienone is 6. The summed E-state index contributed by atoms with van der Waals surface area (Å²) in [5, 5.41) is 9.27. The van der Waals surface area contributed by atoms with E-state index >= 15 is 0 Å². The van der Waals surface area contributed by atoms with Crippen LogP contribution in [0.3, 0.4) is 0 Å². The quantitative estimate of drug-likeness (QED) is 0.507. The van der Waals surface area contributed by atoms with Crippen LogP contribution in [-0.2, 0) is 11.8 Å². The first-order chi connectivity index (χ1) is 16.8. The van der Waals surface area contributed by atoms with Gasteiger partial charge in [0.1, 0.15) is 6.04 Å². The zero-order chi connectivity index (χ0) is 24.7. The van der Waals surface area contributed by atoms with E-state index in [1.54, 1.807) is 23.7 Å². The van der Waals surface area contributed by atoms with Gasteiger partial charge in [0, 0.05) is 55.5 Å². The molecule has 0 saturated carbocycles. The van der Waals surface area contributed by atoms with Crippen molar-refractivity contribution in [2.24, 2.45) is 12.0 Å². The number of carbonyl (C=O) groups excluding carboxylic acids is 1. The third-order valence-electron chi connectivity index (χ3n) is 6.30. The number of carbonyl (C=O) groups is 1. The third-order valence-corrected chi connectivity index (χ3v) is 6.55. The van der Waals surface area contributed by atoms with Crippen molar-refractivity contribution in [3.8, 4) is 0 Å². The minimum Gasteiger partial charge on any atom is -0.358 e. The summed E-state index contributed by atoms with van der Waals surface area (Å²) >= 11 is 6.19. The molecule has 2 aliphatic rings. The number of aliphatic imine (C=N–C) groups is 1. The Hall–Kier alpha value is -3.71. The van der Waals surface area contributed by atoms with Gasteiger partial charge < -0.3 is 9.42 Å². The molecule has 1 aliphatic heterocycles. The maximum atomic E-state index is 12.8. The first-order valence-electron chi connectivity index (χ1n) is 11.4. The summed E-state index contributed by atoms with van der Waals surface area (Å²) in [7, 11) is 5.40. The maximum absolute atomic E-state index is 12.8. The highest BCUT2D eigenvalue weighted by Gasteiger charge is 2.32. The Morgan fingerprint density at radius 1 is 1.17 bits per heavy atom. The molecule has 0 saturated heterocycles. The van der Waals surface area contributed by atoms with Crippen LogP contribution in [0.15, 0.2) is 70.0 Å². The van der Waals surface area contributed by atoms with Gasteiger partial charge >= 0.3 is 0 Å². The fourth-order valence-electron chi connectivity index (χ4n) is 4.47. The standard InChI is InChI=1S/C27H26ClN5O2/c1-16-25-19-6-5-18(21-14-29-33(4)15-21)11-20(12-19)26(17-7-9-22(28)10-8-17)30-23(27(25)35-31-16)13-24(34)32(2)3/h5-11,14-15,23H,12-13H2,1-4H3/t23-/m1/s1. The van der Waals surface area contributed by atoms with Gasteiger partial charge in [0.05, 0.1) is 24.0 Å². The Labute approximate surface area is 209 Å². The SMILES string of the molecule is Cc1noc2c1C1=CC=C(c3cnn(C)c3)C=C(C1)C(c1ccc(Cl)cc1)=N[C@@H]2CC(=O)N(C)C. The van der Waals surface area contributed by atoms with E-state index in [1.165, 1.54) is 0 Å². The number of benzene rings is 1. The van der Waals surface area contributed by atoms with Crippen LogP contribution in [-0.4, -0.2) is 45.6 Å². The van der Waals surface area contributed by atoms with Crippen molar-refractivity contribution in [3.05, 3.63) is 93.6 Å².